The van der Waals surface area contributed by atoms with Crippen molar-refractivity contribution in [3.63, 3.8) is 0 Å². The van der Waals surface area contributed by atoms with Crippen LogP contribution < -0.4 is 11.1 Å². The number of primary amides is 1. The van der Waals surface area contributed by atoms with Crippen molar-refractivity contribution in [3.05, 3.63) is 30.1 Å². The molecule has 1 rings (SSSR count). The highest BCUT2D eigenvalue weighted by Gasteiger charge is 2.32. The molecule has 18 heavy (non-hydrogen) atoms. The quantitative estimate of drug-likeness (QED) is 0.820. The molecule has 98 valence electrons. The second kappa shape index (κ2) is 5.13. The number of imide groups is 1. The molecule has 1 atom stereocenters. The second-order valence-electron chi connectivity index (χ2n) is 3.47. The third-order valence-corrected chi connectivity index (χ3v) is 4.31. The molecule has 0 saturated carbocycles. The van der Waals surface area contributed by atoms with Crippen LogP contribution in [0.15, 0.2) is 29.2 Å². The first kappa shape index (κ1) is 14.1. The molecule has 0 aliphatic heterocycles. The lowest BCUT2D eigenvalue weighted by Gasteiger charge is -2.12. The fraction of sp³-hybridized carbons (Fsp3) is 0.200. The summed E-state index contributed by atoms with van der Waals surface area (Å²) in [6.07, 6.45) is 0. The van der Waals surface area contributed by atoms with Gasteiger partial charge in [-0.25, -0.2) is 17.6 Å². The van der Waals surface area contributed by atoms with E-state index in [2.05, 4.69) is 0 Å². The summed E-state index contributed by atoms with van der Waals surface area (Å²) >= 11 is 0. The molecule has 0 aliphatic rings. The number of sulfone groups is 1. The van der Waals surface area contributed by atoms with E-state index >= 15 is 0 Å². The number of halogens is 1. The number of carbonyl (C=O) groups is 2. The highest BCUT2D eigenvalue weighted by molar-refractivity contribution is 7.92. The van der Waals surface area contributed by atoms with Gasteiger partial charge in [0.25, 0.3) is 0 Å². The maximum Gasteiger partial charge on any atom is 0.318 e. The van der Waals surface area contributed by atoms with Crippen molar-refractivity contribution in [2.45, 2.75) is 17.1 Å². The van der Waals surface area contributed by atoms with Crippen molar-refractivity contribution in [2.24, 2.45) is 5.73 Å². The summed E-state index contributed by atoms with van der Waals surface area (Å²) in [6.45, 7) is 1.04. The Labute approximate surface area is 103 Å². The lowest BCUT2D eigenvalue weighted by Crippen LogP contribution is -2.43. The maximum atomic E-state index is 13.4. The minimum absolute atomic E-state index is 0.600. The van der Waals surface area contributed by atoms with Crippen LogP contribution in [0.1, 0.15) is 6.92 Å². The average molecular weight is 274 g/mol. The zero-order chi connectivity index (χ0) is 13.9. The molecular formula is C10H11FN2O4S. The van der Waals surface area contributed by atoms with Crippen LogP contribution in [-0.4, -0.2) is 25.6 Å². The summed E-state index contributed by atoms with van der Waals surface area (Å²) in [5, 5.41) is 0.0129. The molecule has 1 aromatic carbocycles. The molecule has 0 radical (unpaired) electrons. The van der Waals surface area contributed by atoms with E-state index in [0.29, 0.717) is 0 Å². The van der Waals surface area contributed by atoms with Crippen molar-refractivity contribution in [1.29, 1.82) is 0 Å². The van der Waals surface area contributed by atoms with Gasteiger partial charge >= 0.3 is 6.03 Å². The lowest BCUT2D eigenvalue weighted by atomic mass is 10.3. The fourth-order valence-corrected chi connectivity index (χ4v) is 2.56. The number of benzene rings is 1. The molecule has 0 spiro atoms. The largest absolute Gasteiger partial charge is 0.351 e. The van der Waals surface area contributed by atoms with Crippen LogP contribution >= 0.6 is 0 Å². The minimum atomic E-state index is -4.21. The van der Waals surface area contributed by atoms with Gasteiger partial charge in [-0.2, -0.15) is 0 Å². The Morgan fingerprint density at radius 3 is 2.39 bits per heavy atom. The number of urea groups is 1. The molecule has 1 unspecified atom stereocenters. The van der Waals surface area contributed by atoms with Crippen LogP contribution in [0.3, 0.4) is 0 Å². The normalized spacial score (nSPS) is 12.8. The SMILES string of the molecule is CC(C(=O)NC(N)=O)S(=O)(=O)c1ccccc1F. The summed E-state index contributed by atoms with van der Waals surface area (Å²) in [7, 11) is -4.21. The molecular weight excluding hydrogens is 263 g/mol. The van der Waals surface area contributed by atoms with Gasteiger partial charge in [0.1, 0.15) is 16.0 Å². The number of hydrogen-bond acceptors (Lipinski definition) is 4. The number of nitrogens with one attached hydrogen (secondary N) is 1. The summed E-state index contributed by atoms with van der Waals surface area (Å²) in [5.74, 6) is -2.07. The number of hydrogen-bond donors (Lipinski definition) is 2. The van der Waals surface area contributed by atoms with Crippen LogP contribution in [0.4, 0.5) is 9.18 Å². The molecule has 3 amide bonds. The molecule has 3 N–H and O–H groups in total. The highest BCUT2D eigenvalue weighted by atomic mass is 32.2. The third kappa shape index (κ3) is 2.83. The van der Waals surface area contributed by atoms with E-state index in [-0.39, 0.29) is 0 Å². The molecule has 0 aliphatic carbocycles. The van der Waals surface area contributed by atoms with Gasteiger partial charge in [0.2, 0.25) is 5.91 Å². The van der Waals surface area contributed by atoms with Crippen molar-refractivity contribution in [3.8, 4) is 0 Å². The van der Waals surface area contributed by atoms with E-state index in [1.807, 2.05) is 0 Å². The summed E-state index contributed by atoms with van der Waals surface area (Å²) in [4.78, 5) is 21.2. The topological polar surface area (TPSA) is 106 Å². The van der Waals surface area contributed by atoms with Gasteiger partial charge in [-0.05, 0) is 19.1 Å². The van der Waals surface area contributed by atoms with E-state index in [0.717, 1.165) is 19.1 Å². The Kier molecular flexibility index (Phi) is 4.02. The Balaban J connectivity index is 3.12. The predicted octanol–water partition coefficient (Wildman–Crippen LogP) is 0.183. The smallest absolute Gasteiger partial charge is 0.318 e. The van der Waals surface area contributed by atoms with Gasteiger partial charge in [0, 0.05) is 0 Å². The second-order valence-corrected chi connectivity index (χ2v) is 5.71. The Morgan fingerprint density at radius 1 is 1.33 bits per heavy atom. The number of nitrogens with two attached hydrogens (primary N) is 1. The molecule has 8 heteroatoms. The van der Waals surface area contributed by atoms with Crippen molar-refractivity contribution >= 4 is 21.8 Å². The van der Waals surface area contributed by atoms with Gasteiger partial charge in [-0.3, -0.25) is 10.1 Å². The van der Waals surface area contributed by atoms with E-state index in [4.69, 9.17) is 5.73 Å². The standard InChI is InChI=1S/C10H11FN2O4S/c1-6(9(14)13-10(12)15)18(16,17)8-5-3-2-4-7(8)11/h2-6H,1H3,(H3,12,13,14,15). The zero-order valence-corrected chi connectivity index (χ0v) is 10.2. The monoisotopic (exact) mass is 274 g/mol. The fourth-order valence-electron chi connectivity index (χ4n) is 1.23. The molecule has 0 aromatic heterocycles. The molecule has 0 bridgehead atoms. The first-order valence-corrected chi connectivity index (χ1v) is 6.40. The van der Waals surface area contributed by atoms with Crippen molar-refractivity contribution < 1.29 is 22.4 Å². The van der Waals surface area contributed by atoms with Crippen molar-refractivity contribution in [1.82, 2.24) is 5.32 Å². The molecule has 6 nitrogen and oxygen atoms in total. The highest BCUT2D eigenvalue weighted by Crippen LogP contribution is 2.19. The average Bonchev–Trinajstić information content (AvgIpc) is 2.27. The minimum Gasteiger partial charge on any atom is -0.351 e. The number of rotatable bonds is 3. The van der Waals surface area contributed by atoms with Crippen LogP contribution in [0.2, 0.25) is 0 Å². The van der Waals surface area contributed by atoms with Crippen molar-refractivity contribution in [2.75, 3.05) is 0 Å². The summed E-state index contributed by atoms with van der Waals surface area (Å²) in [6, 6.07) is 3.48. The summed E-state index contributed by atoms with van der Waals surface area (Å²) < 4.78 is 37.2. The van der Waals surface area contributed by atoms with Gasteiger partial charge in [-0.1, -0.05) is 12.1 Å². The molecule has 0 heterocycles. The van der Waals surface area contributed by atoms with E-state index in [1.54, 1.807) is 5.32 Å². The van der Waals surface area contributed by atoms with Gasteiger partial charge in [0.15, 0.2) is 9.84 Å². The predicted molar refractivity (Wildman–Crippen MR) is 60.8 cm³/mol. The van der Waals surface area contributed by atoms with Crippen LogP contribution in [0, 0.1) is 5.82 Å². The van der Waals surface area contributed by atoms with Gasteiger partial charge in [-0.15, -0.1) is 0 Å². The van der Waals surface area contributed by atoms with E-state index < -0.39 is 37.7 Å². The van der Waals surface area contributed by atoms with Gasteiger partial charge in [0.05, 0.1) is 0 Å². The molecule has 1 aromatic rings. The number of carbonyl (C=O) groups excluding carboxylic acids is 2. The first-order chi connectivity index (χ1) is 8.26. The lowest BCUT2D eigenvalue weighted by molar-refractivity contribution is -0.119. The van der Waals surface area contributed by atoms with Crippen LogP contribution in [0.5, 0.6) is 0 Å². The van der Waals surface area contributed by atoms with Crippen LogP contribution in [-0.2, 0) is 14.6 Å². The molecule has 0 saturated heterocycles. The van der Waals surface area contributed by atoms with Crippen LogP contribution in [0.25, 0.3) is 0 Å². The zero-order valence-electron chi connectivity index (χ0n) is 9.38. The Bertz CT molecular complexity index is 585. The van der Waals surface area contributed by atoms with E-state index in [9.17, 15) is 22.4 Å². The Morgan fingerprint density at radius 2 is 1.89 bits per heavy atom. The molecule has 0 fully saturated rings. The first-order valence-electron chi connectivity index (χ1n) is 4.85. The summed E-state index contributed by atoms with van der Waals surface area (Å²) in [5.41, 5.74) is 4.70. The Hall–Kier alpha value is -1.96. The van der Waals surface area contributed by atoms with Gasteiger partial charge < -0.3 is 5.73 Å². The number of amides is 3. The third-order valence-electron chi connectivity index (χ3n) is 2.22. The maximum absolute atomic E-state index is 13.4. The van der Waals surface area contributed by atoms with E-state index in [1.165, 1.54) is 12.1 Å².